The fraction of sp³-hybridized carbons (Fsp3) is 0.200. The summed E-state index contributed by atoms with van der Waals surface area (Å²) in [6.07, 6.45) is 1.38. The third kappa shape index (κ3) is 2.12. The molecule has 0 aliphatic carbocycles. The Morgan fingerprint density at radius 1 is 1.62 bits per heavy atom. The highest BCUT2D eigenvalue weighted by molar-refractivity contribution is 5.29. The average molecular weight is 112 g/mol. The Labute approximate surface area is 48.4 Å². The normalized spacial score (nSPS) is 10.4. The quantitative estimate of drug-likeness (QED) is 0.393. The molecule has 3 heteroatoms. The zero-order valence-electron chi connectivity index (χ0n) is 4.79. The number of ether oxygens (including phenoxy) is 1. The number of methoxy groups -OCH3 is 1. The highest BCUT2D eigenvalue weighted by Crippen LogP contribution is 1.93. The third-order valence-corrected chi connectivity index (χ3v) is 0.567. The van der Waals surface area contributed by atoms with Crippen molar-refractivity contribution in [1.29, 1.82) is 0 Å². The summed E-state index contributed by atoms with van der Waals surface area (Å²) in [4.78, 5) is 6.86. The molecule has 0 spiro atoms. The summed E-state index contributed by atoms with van der Waals surface area (Å²) in [6, 6.07) is 0. The van der Waals surface area contributed by atoms with Crippen molar-refractivity contribution in [2.24, 2.45) is 9.98 Å². The minimum atomic E-state index is 0.375. The van der Waals surface area contributed by atoms with Crippen molar-refractivity contribution >= 4 is 13.4 Å². The molecule has 0 saturated carbocycles. The van der Waals surface area contributed by atoms with E-state index in [1.807, 2.05) is 0 Å². The summed E-state index contributed by atoms with van der Waals surface area (Å²) in [7, 11) is 1.49. The van der Waals surface area contributed by atoms with Crippen molar-refractivity contribution in [2.75, 3.05) is 7.11 Å². The summed E-state index contributed by atoms with van der Waals surface area (Å²) < 4.78 is 4.64. The van der Waals surface area contributed by atoms with Crippen molar-refractivity contribution in [3.63, 3.8) is 0 Å². The van der Waals surface area contributed by atoms with Gasteiger partial charge in [-0.25, -0.2) is 4.99 Å². The second-order valence-corrected chi connectivity index (χ2v) is 1.01. The minimum absolute atomic E-state index is 0.375. The SMILES string of the molecule is C=N/C=C(\N=C)OC. The predicted octanol–water partition coefficient (Wildman–Crippen LogP) is 0.833. The molecule has 44 valence electrons. The molecule has 0 amide bonds. The zero-order chi connectivity index (χ0) is 6.41. The number of hydrogen-bond acceptors (Lipinski definition) is 3. The van der Waals surface area contributed by atoms with Crippen LogP contribution in [0.4, 0.5) is 0 Å². The van der Waals surface area contributed by atoms with Crippen LogP contribution >= 0.6 is 0 Å². The van der Waals surface area contributed by atoms with E-state index in [-0.39, 0.29) is 0 Å². The first-order valence-corrected chi connectivity index (χ1v) is 2.02. The second kappa shape index (κ2) is 4.05. The molecule has 0 atom stereocenters. The Morgan fingerprint density at radius 2 is 2.25 bits per heavy atom. The summed E-state index contributed by atoms with van der Waals surface area (Å²) >= 11 is 0. The number of rotatable bonds is 3. The molecule has 0 bridgehead atoms. The zero-order valence-corrected chi connectivity index (χ0v) is 4.79. The topological polar surface area (TPSA) is 34.0 Å². The van der Waals surface area contributed by atoms with Crippen molar-refractivity contribution in [1.82, 2.24) is 0 Å². The maximum absolute atomic E-state index is 4.64. The molecule has 8 heavy (non-hydrogen) atoms. The summed E-state index contributed by atoms with van der Waals surface area (Å²) in [5, 5.41) is 0. The van der Waals surface area contributed by atoms with Gasteiger partial charge < -0.3 is 4.74 Å². The van der Waals surface area contributed by atoms with E-state index in [9.17, 15) is 0 Å². The lowest BCUT2D eigenvalue weighted by Crippen LogP contribution is -1.77. The van der Waals surface area contributed by atoms with Crippen molar-refractivity contribution in [3.8, 4) is 0 Å². The molecule has 0 N–H and O–H groups in total. The highest BCUT2D eigenvalue weighted by atomic mass is 16.5. The molecule has 0 aliphatic rings. The highest BCUT2D eigenvalue weighted by Gasteiger charge is 1.81. The molecule has 0 aliphatic heterocycles. The minimum Gasteiger partial charge on any atom is -0.480 e. The predicted molar refractivity (Wildman–Crippen MR) is 34.2 cm³/mol. The molecule has 0 aromatic heterocycles. The maximum atomic E-state index is 4.64. The van der Waals surface area contributed by atoms with Crippen LogP contribution in [0.1, 0.15) is 0 Å². The van der Waals surface area contributed by atoms with E-state index in [0.29, 0.717) is 5.88 Å². The van der Waals surface area contributed by atoms with E-state index in [0.717, 1.165) is 0 Å². The van der Waals surface area contributed by atoms with Gasteiger partial charge in [0.25, 0.3) is 0 Å². The fourth-order valence-electron chi connectivity index (χ4n) is 0.236. The van der Waals surface area contributed by atoms with Gasteiger partial charge in [-0.15, -0.1) is 0 Å². The van der Waals surface area contributed by atoms with Gasteiger partial charge in [0.2, 0.25) is 5.88 Å². The van der Waals surface area contributed by atoms with Crippen molar-refractivity contribution in [3.05, 3.63) is 12.1 Å². The van der Waals surface area contributed by atoms with Gasteiger partial charge in [-0.2, -0.15) is 0 Å². The van der Waals surface area contributed by atoms with Crippen LogP contribution in [0, 0.1) is 0 Å². The van der Waals surface area contributed by atoms with Crippen LogP contribution in [0.15, 0.2) is 22.1 Å². The Kier molecular flexibility index (Phi) is 3.48. The van der Waals surface area contributed by atoms with Crippen LogP contribution < -0.4 is 0 Å². The van der Waals surface area contributed by atoms with Gasteiger partial charge in [-0.1, -0.05) is 0 Å². The van der Waals surface area contributed by atoms with Crippen LogP contribution in [0.25, 0.3) is 0 Å². The van der Waals surface area contributed by atoms with Gasteiger partial charge >= 0.3 is 0 Å². The second-order valence-electron chi connectivity index (χ2n) is 1.01. The number of nitrogens with zero attached hydrogens (tertiary/aromatic N) is 2. The molecule has 0 rings (SSSR count). The number of hydrogen-bond donors (Lipinski definition) is 0. The first-order chi connectivity index (χ1) is 3.85. The fourth-order valence-corrected chi connectivity index (χ4v) is 0.236. The van der Waals surface area contributed by atoms with Gasteiger partial charge in [0.1, 0.15) is 0 Å². The molecule has 0 unspecified atom stereocenters. The van der Waals surface area contributed by atoms with Gasteiger partial charge in [-0.3, -0.25) is 4.99 Å². The van der Waals surface area contributed by atoms with Crippen LogP contribution in [0.5, 0.6) is 0 Å². The lowest BCUT2D eigenvalue weighted by atomic mass is 10.8. The van der Waals surface area contributed by atoms with Crippen molar-refractivity contribution in [2.45, 2.75) is 0 Å². The van der Waals surface area contributed by atoms with Crippen molar-refractivity contribution < 1.29 is 4.74 Å². The number of aliphatic imine (C=N–C) groups is 2. The average Bonchev–Trinajstić information content (AvgIpc) is 1.83. The Balaban J connectivity index is 3.84. The summed E-state index contributed by atoms with van der Waals surface area (Å²) in [5.41, 5.74) is 0. The molecular formula is C5H8N2O. The van der Waals surface area contributed by atoms with Crippen LogP contribution in [0.2, 0.25) is 0 Å². The van der Waals surface area contributed by atoms with Crippen LogP contribution in [0.3, 0.4) is 0 Å². The molecule has 0 aromatic carbocycles. The smallest absolute Gasteiger partial charge is 0.231 e. The molecular weight excluding hydrogens is 104 g/mol. The Bertz CT molecular complexity index is 118. The van der Waals surface area contributed by atoms with E-state index < -0.39 is 0 Å². The summed E-state index contributed by atoms with van der Waals surface area (Å²) in [6.45, 7) is 6.42. The molecule has 0 radical (unpaired) electrons. The van der Waals surface area contributed by atoms with E-state index in [4.69, 9.17) is 0 Å². The Morgan fingerprint density at radius 3 is 2.38 bits per heavy atom. The molecule has 0 aromatic rings. The monoisotopic (exact) mass is 112 g/mol. The third-order valence-electron chi connectivity index (χ3n) is 0.567. The van der Waals surface area contributed by atoms with Gasteiger partial charge in [-0.05, 0) is 13.4 Å². The molecule has 0 heterocycles. The molecule has 0 fully saturated rings. The van der Waals surface area contributed by atoms with E-state index in [1.165, 1.54) is 13.3 Å². The first-order valence-electron chi connectivity index (χ1n) is 2.02. The largest absolute Gasteiger partial charge is 0.480 e. The van der Waals surface area contributed by atoms with E-state index in [1.54, 1.807) is 0 Å². The Hall–Kier alpha value is -1.12. The van der Waals surface area contributed by atoms with E-state index in [2.05, 4.69) is 28.2 Å². The van der Waals surface area contributed by atoms with Gasteiger partial charge in [0.15, 0.2) is 0 Å². The van der Waals surface area contributed by atoms with Crippen LogP contribution in [-0.4, -0.2) is 20.5 Å². The lowest BCUT2D eigenvalue weighted by Gasteiger charge is -1.92. The summed E-state index contributed by atoms with van der Waals surface area (Å²) in [5.74, 6) is 0.375. The molecule has 0 saturated heterocycles. The first kappa shape index (κ1) is 6.88. The van der Waals surface area contributed by atoms with Crippen LogP contribution in [-0.2, 0) is 4.74 Å². The maximum Gasteiger partial charge on any atom is 0.231 e. The standard InChI is InChI=1S/C5H8N2O/c1-6-4-5(7-2)8-3/h4H,1-2H2,3H3/b5-4+. The van der Waals surface area contributed by atoms with Gasteiger partial charge in [0.05, 0.1) is 13.3 Å². The van der Waals surface area contributed by atoms with Gasteiger partial charge in [0, 0.05) is 0 Å². The lowest BCUT2D eigenvalue weighted by molar-refractivity contribution is 0.288. The molecule has 3 nitrogen and oxygen atoms in total. The van der Waals surface area contributed by atoms with E-state index >= 15 is 0 Å².